The van der Waals surface area contributed by atoms with E-state index in [1.54, 1.807) is 24.3 Å². The van der Waals surface area contributed by atoms with Crippen molar-refractivity contribution >= 4 is 23.5 Å². The molecule has 96 valence electrons. The molecule has 0 saturated heterocycles. The molecule has 0 aliphatic heterocycles. The van der Waals surface area contributed by atoms with E-state index in [0.717, 1.165) is 19.3 Å². The largest absolute Gasteiger partial charge is 0.340 e. The van der Waals surface area contributed by atoms with Crippen molar-refractivity contribution < 1.29 is 14.4 Å². The van der Waals surface area contributed by atoms with Gasteiger partial charge in [0.15, 0.2) is 0 Å². The Morgan fingerprint density at radius 3 is 2.44 bits per heavy atom. The fourth-order valence-corrected chi connectivity index (χ4v) is 1.84. The maximum atomic E-state index is 11.7. The van der Waals surface area contributed by atoms with Gasteiger partial charge in [0.25, 0.3) is 5.91 Å². The zero-order chi connectivity index (χ0) is 13.2. The van der Waals surface area contributed by atoms with Crippen LogP contribution in [0.15, 0.2) is 24.3 Å². The van der Waals surface area contributed by atoms with Gasteiger partial charge in [0.05, 0.1) is 5.41 Å². The van der Waals surface area contributed by atoms with Crippen LogP contribution < -0.4 is 5.48 Å². The average Bonchev–Trinajstić information content (AvgIpc) is 3.17. The van der Waals surface area contributed by atoms with E-state index in [2.05, 4.69) is 5.48 Å². The Labute approximate surface area is 110 Å². The first kappa shape index (κ1) is 12.9. The maximum absolute atomic E-state index is 11.7. The fraction of sp³-hybridized carbons (Fsp3) is 0.385. The number of benzene rings is 1. The lowest BCUT2D eigenvalue weighted by atomic mass is 10.1. The molecule has 4 nitrogen and oxygen atoms in total. The summed E-state index contributed by atoms with van der Waals surface area (Å²) < 4.78 is 0. The molecule has 2 rings (SSSR count). The summed E-state index contributed by atoms with van der Waals surface area (Å²) in [5.41, 5.74) is 2.20. The topological polar surface area (TPSA) is 55.4 Å². The third-order valence-corrected chi connectivity index (χ3v) is 3.56. The zero-order valence-electron chi connectivity index (χ0n) is 10.0. The highest BCUT2D eigenvalue weighted by Crippen LogP contribution is 2.49. The molecule has 0 unspecified atom stereocenters. The Morgan fingerprint density at radius 1 is 1.33 bits per heavy atom. The summed E-state index contributed by atoms with van der Waals surface area (Å²) >= 11 is 5.71. The minimum absolute atomic E-state index is 0.354. The van der Waals surface area contributed by atoms with E-state index in [0.29, 0.717) is 10.6 Å². The first-order chi connectivity index (χ1) is 8.57. The summed E-state index contributed by atoms with van der Waals surface area (Å²) in [6, 6.07) is 6.34. The van der Waals surface area contributed by atoms with Gasteiger partial charge in [-0.3, -0.25) is 4.79 Å². The number of halogens is 1. The number of hydroxylamine groups is 1. The molecule has 1 fully saturated rings. The third-order valence-electron chi connectivity index (χ3n) is 3.31. The van der Waals surface area contributed by atoms with E-state index in [4.69, 9.17) is 16.4 Å². The third kappa shape index (κ3) is 2.64. The van der Waals surface area contributed by atoms with Crippen molar-refractivity contribution in [3.63, 3.8) is 0 Å². The van der Waals surface area contributed by atoms with Gasteiger partial charge >= 0.3 is 5.97 Å². The number of amides is 1. The average molecular weight is 268 g/mol. The summed E-state index contributed by atoms with van der Waals surface area (Å²) in [4.78, 5) is 28.2. The normalized spacial score (nSPS) is 15.9. The van der Waals surface area contributed by atoms with E-state index in [1.165, 1.54) is 0 Å². The maximum Gasteiger partial charge on any atom is 0.338 e. The van der Waals surface area contributed by atoms with Gasteiger partial charge < -0.3 is 4.84 Å². The summed E-state index contributed by atoms with van der Waals surface area (Å²) in [5, 5.41) is 0.548. The number of hydrogen-bond acceptors (Lipinski definition) is 3. The van der Waals surface area contributed by atoms with Crippen LogP contribution in [0.4, 0.5) is 0 Å². The lowest BCUT2D eigenvalue weighted by Gasteiger charge is -2.11. The van der Waals surface area contributed by atoms with Gasteiger partial charge in [-0.05, 0) is 43.5 Å². The van der Waals surface area contributed by atoms with Crippen LogP contribution >= 0.6 is 11.6 Å². The molecule has 0 heterocycles. The highest BCUT2D eigenvalue weighted by atomic mass is 35.5. The molecule has 1 saturated carbocycles. The second kappa shape index (κ2) is 4.98. The standard InChI is InChI=1S/C13H14ClNO3/c1-2-13(7-8-13)12(17)18-15-11(16)9-3-5-10(14)6-4-9/h3-6H,2,7-8H2,1H3,(H,15,16). The van der Waals surface area contributed by atoms with Crippen molar-refractivity contribution in [2.75, 3.05) is 0 Å². The van der Waals surface area contributed by atoms with Gasteiger partial charge in [-0.2, -0.15) is 5.48 Å². The molecule has 5 heteroatoms. The van der Waals surface area contributed by atoms with E-state index in [9.17, 15) is 9.59 Å². The minimum atomic E-state index is -0.452. The molecule has 0 bridgehead atoms. The van der Waals surface area contributed by atoms with Crippen LogP contribution in [0, 0.1) is 5.41 Å². The monoisotopic (exact) mass is 267 g/mol. The predicted molar refractivity (Wildman–Crippen MR) is 67.0 cm³/mol. The molecule has 1 aromatic carbocycles. The highest BCUT2D eigenvalue weighted by molar-refractivity contribution is 6.30. The Balaban J connectivity index is 1.89. The second-order valence-electron chi connectivity index (χ2n) is 4.46. The molecule has 1 aliphatic carbocycles. The number of hydrogen-bond donors (Lipinski definition) is 1. The predicted octanol–water partition coefficient (Wildman–Crippen LogP) is 2.72. The van der Waals surface area contributed by atoms with E-state index >= 15 is 0 Å². The second-order valence-corrected chi connectivity index (χ2v) is 4.90. The molecule has 0 atom stereocenters. The first-order valence-corrected chi connectivity index (χ1v) is 6.22. The SMILES string of the molecule is CCC1(C(=O)ONC(=O)c2ccc(Cl)cc2)CC1. The zero-order valence-corrected chi connectivity index (χ0v) is 10.8. The molecule has 1 amide bonds. The van der Waals surface area contributed by atoms with Crippen molar-refractivity contribution in [1.82, 2.24) is 5.48 Å². The van der Waals surface area contributed by atoms with Gasteiger partial charge in [-0.25, -0.2) is 4.79 Å². The summed E-state index contributed by atoms with van der Waals surface area (Å²) in [6.07, 6.45) is 2.40. The molecular formula is C13H14ClNO3. The minimum Gasteiger partial charge on any atom is -0.340 e. The van der Waals surface area contributed by atoms with Crippen LogP contribution in [0.5, 0.6) is 0 Å². The van der Waals surface area contributed by atoms with E-state index < -0.39 is 5.91 Å². The molecule has 0 aromatic heterocycles. The van der Waals surface area contributed by atoms with Gasteiger partial charge in [0, 0.05) is 10.6 Å². The number of rotatable bonds is 3. The van der Waals surface area contributed by atoms with Crippen molar-refractivity contribution in [2.24, 2.45) is 5.41 Å². The van der Waals surface area contributed by atoms with Gasteiger partial charge in [-0.1, -0.05) is 18.5 Å². The van der Waals surface area contributed by atoms with Crippen LogP contribution in [-0.4, -0.2) is 11.9 Å². The van der Waals surface area contributed by atoms with Crippen molar-refractivity contribution in [1.29, 1.82) is 0 Å². The Kier molecular flexibility index (Phi) is 3.57. The van der Waals surface area contributed by atoms with Gasteiger partial charge in [0.1, 0.15) is 0 Å². The van der Waals surface area contributed by atoms with Crippen LogP contribution in [0.3, 0.4) is 0 Å². The van der Waals surface area contributed by atoms with E-state index in [1.807, 2.05) is 6.92 Å². The van der Waals surface area contributed by atoms with E-state index in [-0.39, 0.29) is 11.4 Å². The van der Waals surface area contributed by atoms with Crippen molar-refractivity contribution in [3.05, 3.63) is 34.9 Å². The molecule has 1 aliphatic rings. The summed E-state index contributed by atoms with van der Waals surface area (Å²) in [5.74, 6) is -0.806. The number of carbonyl (C=O) groups excluding carboxylic acids is 2. The number of carbonyl (C=O) groups is 2. The van der Waals surface area contributed by atoms with Crippen LogP contribution in [0.2, 0.25) is 5.02 Å². The lowest BCUT2D eigenvalue weighted by Crippen LogP contribution is -2.31. The number of nitrogens with one attached hydrogen (secondary N) is 1. The molecule has 0 radical (unpaired) electrons. The van der Waals surface area contributed by atoms with Crippen molar-refractivity contribution in [2.45, 2.75) is 26.2 Å². The highest BCUT2D eigenvalue weighted by Gasteiger charge is 2.50. The first-order valence-electron chi connectivity index (χ1n) is 5.84. The molecule has 1 aromatic rings. The van der Waals surface area contributed by atoms with Gasteiger partial charge in [0.2, 0.25) is 0 Å². The van der Waals surface area contributed by atoms with Crippen LogP contribution in [0.1, 0.15) is 36.5 Å². The van der Waals surface area contributed by atoms with Crippen molar-refractivity contribution in [3.8, 4) is 0 Å². The van der Waals surface area contributed by atoms with Crippen LogP contribution in [-0.2, 0) is 9.63 Å². The Hall–Kier alpha value is -1.55. The summed E-state index contributed by atoms with van der Waals surface area (Å²) in [6.45, 7) is 1.94. The molecule has 18 heavy (non-hydrogen) atoms. The molecule has 1 N–H and O–H groups in total. The Morgan fingerprint density at radius 2 is 1.94 bits per heavy atom. The quantitative estimate of drug-likeness (QED) is 0.857. The van der Waals surface area contributed by atoms with Crippen LogP contribution in [0.25, 0.3) is 0 Å². The van der Waals surface area contributed by atoms with Gasteiger partial charge in [-0.15, -0.1) is 0 Å². The Bertz CT molecular complexity index is 466. The lowest BCUT2D eigenvalue weighted by molar-refractivity contribution is -0.155. The summed E-state index contributed by atoms with van der Waals surface area (Å²) in [7, 11) is 0. The molecule has 0 spiro atoms. The smallest absolute Gasteiger partial charge is 0.338 e. The fourth-order valence-electron chi connectivity index (χ4n) is 1.71. The molecular weight excluding hydrogens is 254 g/mol.